The van der Waals surface area contributed by atoms with Crippen molar-refractivity contribution in [1.29, 1.82) is 0 Å². The number of hydrogen-bond acceptors (Lipinski definition) is 4. The zero-order chi connectivity index (χ0) is 19.9. The van der Waals surface area contributed by atoms with Crippen molar-refractivity contribution < 1.29 is 37.5 Å². The van der Waals surface area contributed by atoms with Crippen LogP contribution in [-0.4, -0.2) is 70.1 Å². The van der Waals surface area contributed by atoms with Crippen molar-refractivity contribution in [1.82, 2.24) is 15.1 Å². The first-order valence-corrected chi connectivity index (χ1v) is 8.06. The fourth-order valence-corrected chi connectivity index (χ4v) is 3.16. The molecule has 0 aromatic rings. The van der Waals surface area contributed by atoms with Crippen LogP contribution in [0.4, 0.5) is 18.0 Å². The minimum atomic E-state index is -4.70. The van der Waals surface area contributed by atoms with Crippen LogP contribution in [0.5, 0.6) is 0 Å². The maximum absolute atomic E-state index is 12.9. The average molecular weight is 379 g/mol. The minimum Gasteiger partial charge on any atom is -0.481 e. The lowest BCUT2D eigenvalue weighted by Gasteiger charge is -2.19. The molecule has 4 amide bonds. The number of nitrogens with one attached hydrogen (secondary N) is 1. The van der Waals surface area contributed by atoms with Crippen LogP contribution in [-0.2, 0) is 14.4 Å². The predicted octanol–water partition coefficient (Wildman–Crippen LogP) is 0.819. The lowest BCUT2D eigenvalue weighted by molar-refractivity contribution is -0.188. The zero-order valence-electron chi connectivity index (χ0n) is 14.3. The molecule has 2 atom stereocenters. The number of amides is 4. The van der Waals surface area contributed by atoms with E-state index in [9.17, 15) is 32.3 Å². The number of urea groups is 1. The summed E-state index contributed by atoms with van der Waals surface area (Å²) in [5.74, 6) is -6.46. The van der Waals surface area contributed by atoms with Gasteiger partial charge in [-0.05, 0) is 20.3 Å². The van der Waals surface area contributed by atoms with Gasteiger partial charge in [0.1, 0.15) is 5.54 Å². The van der Waals surface area contributed by atoms with Gasteiger partial charge in [0, 0.05) is 26.1 Å². The summed E-state index contributed by atoms with van der Waals surface area (Å²) in [5, 5.41) is 11.4. The number of hydrogen-bond donors (Lipinski definition) is 2. The highest BCUT2D eigenvalue weighted by atomic mass is 19.4. The molecule has 2 N–H and O–H groups in total. The maximum Gasteiger partial charge on any atom is 0.394 e. The van der Waals surface area contributed by atoms with E-state index in [2.05, 4.69) is 5.32 Å². The summed E-state index contributed by atoms with van der Waals surface area (Å²) >= 11 is 0. The van der Waals surface area contributed by atoms with Crippen LogP contribution in [0.25, 0.3) is 0 Å². The van der Waals surface area contributed by atoms with E-state index in [1.165, 1.54) is 13.8 Å². The van der Waals surface area contributed by atoms with Crippen molar-refractivity contribution in [2.45, 2.75) is 38.4 Å². The van der Waals surface area contributed by atoms with E-state index in [1.807, 2.05) is 0 Å². The Labute approximate surface area is 147 Å². The van der Waals surface area contributed by atoms with Crippen LogP contribution in [0.1, 0.15) is 26.7 Å². The van der Waals surface area contributed by atoms with Gasteiger partial charge in [-0.2, -0.15) is 13.2 Å². The van der Waals surface area contributed by atoms with Crippen LogP contribution >= 0.6 is 0 Å². The van der Waals surface area contributed by atoms with Crippen molar-refractivity contribution in [3.63, 3.8) is 0 Å². The number of carboxylic acid groups (broad SMARTS) is 1. The van der Waals surface area contributed by atoms with E-state index < -0.39 is 60.5 Å². The van der Waals surface area contributed by atoms with Gasteiger partial charge < -0.3 is 15.3 Å². The fourth-order valence-electron chi connectivity index (χ4n) is 3.16. The number of carboxylic acids is 1. The zero-order valence-corrected chi connectivity index (χ0v) is 14.3. The Kier molecular flexibility index (Phi) is 5.20. The van der Waals surface area contributed by atoms with Crippen LogP contribution in [0.15, 0.2) is 0 Å². The molecule has 11 heteroatoms. The molecule has 0 bridgehead atoms. The molecule has 0 aromatic heterocycles. The number of aliphatic carboxylic acids is 1. The van der Waals surface area contributed by atoms with Crippen LogP contribution < -0.4 is 5.32 Å². The number of rotatable bonds is 5. The van der Waals surface area contributed by atoms with Gasteiger partial charge >= 0.3 is 18.2 Å². The van der Waals surface area contributed by atoms with Crippen molar-refractivity contribution in [3.8, 4) is 0 Å². The third-order valence-corrected chi connectivity index (χ3v) is 4.63. The van der Waals surface area contributed by atoms with Gasteiger partial charge in [0.2, 0.25) is 5.91 Å². The molecular weight excluding hydrogens is 359 g/mol. The number of alkyl halides is 3. The first-order chi connectivity index (χ1) is 11.8. The van der Waals surface area contributed by atoms with Crippen LogP contribution in [0, 0.1) is 11.8 Å². The summed E-state index contributed by atoms with van der Waals surface area (Å²) in [6.07, 6.45) is -4.81. The Morgan fingerprint density at radius 1 is 1.27 bits per heavy atom. The fraction of sp³-hybridized carbons (Fsp3) is 0.733. The lowest BCUT2D eigenvalue weighted by Crippen LogP contribution is -2.40. The maximum atomic E-state index is 12.9. The Morgan fingerprint density at radius 2 is 1.88 bits per heavy atom. The second-order valence-corrected chi connectivity index (χ2v) is 7.01. The first kappa shape index (κ1) is 20.0. The Morgan fingerprint density at radius 3 is 2.31 bits per heavy atom. The summed E-state index contributed by atoms with van der Waals surface area (Å²) < 4.78 is 38.8. The highest BCUT2D eigenvalue weighted by Crippen LogP contribution is 2.38. The summed E-state index contributed by atoms with van der Waals surface area (Å²) in [6, 6.07) is -0.586. The Balaban J connectivity index is 1.90. The smallest absolute Gasteiger partial charge is 0.394 e. The standard InChI is InChI=1S/C15H20F3N3O5/c1-14(2)12(25)21(13(26)19-14)5-3-4-10(22)20-6-8(11(23)24)9(7-20)15(16,17)18/h8-9H,3-7H2,1-2H3,(H,19,26)(H,23,24)/t8-,9-/m1/s1. The van der Waals surface area contributed by atoms with Gasteiger partial charge in [-0.15, -0.1) is 0 Å². The summed E-state index contributed by atoms with van der Waals surface area (Å²) in [5.41, 5.74) is -1.04. The van der Waals surface area contributed by atoms with Crippen molar-refractivity contribution in [2.24, 2.45) is 11.8 Å². The molecule has 2 rings (SSSR count). The van der Waals surface area contributed by atoms with E-state index in [0.29, 0.717) is 0 Å². The summed E-state index contributed by atoms with van der Waals surface area (Å²) in [6.45, 7) is 1.82. The second kappa shape index (κ2) is 6.76. The molecule has 0 radical (unpaired) electrons. The molecule has 2 heterocycles. The number of likely N-dealkylation sites (tertiary alicyclic amines) is 1. The largest absolute Gasteiger partial charge is 0.481 e. The molecule has 2 saturated heterocycles. The molecule has 0 aliphatic carbocycles. The van der Waals surface area contributed by atoms with E-state index in [4.69, 9.17) is 5.11 Å². The molecule has 0 aromatic carbocycles. The van der Waals surface area contributed by atoms with Gasteiger partial charge in [-0.3, -0.25) is 19.3 Å². The van der Waals surface area contributed by atoms with E-state index in [0.717, 1.165) is 9.80 Å². The number of halogens is 3. The molecule has 2 aliphatic rings. The normalized spacial score (nSPS) is 25.6. The molecule has 0 unspecified atom stereocenters. The molecule has 2 fully saturated rings. The summed E-state index contributed by atoms with van der Waals surface area (Å²) in [7, 11) is 0. The third kappa shape index (κ3) is 3.91. The molecule has 0 spiro atoms. The van der Waals surface area contributed by atoms with Gasteiger partial charge in [0.25, 0.3) is 5.91 Å². The topological polar surface area (TPSA) is 107 Å². The van der Waals surface area contributed by atoms with Gasteiger partial charge in [-0.1, -0.05) is 0 Å². The quantitative estimate of drug-likeness (QED) is 0.688. The van der Waals surface area contributed by atoms with Crippen LogP contribution in [0.2, 0.25) is 0 Å². The lowest BCUT2D eigenvalue weighted by atomic mass is 9.96. The number of imide groups is 1. The Hall–Kier alpha value is -2.33. The second-order valence-electron chi connectivity index (χ2n) is 7.01. The number of nitrogens with zero attached hydrogens (tertiary/aromatic N) is 2. The van der Waals surface area contributed by atoms with Crippen molar-refractivity contribution in [2.75, 3.05) is 19.6 Å². The Bertz CT molecular complexity index is 635. The molecule has 146 valence electrons. The van der Waals surface area contributed by atoms with Gasteiger partial charge in [0.05, 0.1) is 11.8 Å². The van der Waals surface area contributed by atoms with Crippen LogP contribution in [0.3, 0.4) is 0 Å². The minimum absolute atomic E-state index is 0.0429. The predicted molar refractivity (Wildman–Crippen MR) is 80.8 cm³/mol. The number of carbonyl (C=O) groups excluding carboxylic acids is 3. The SMILES string of the molecule is CC1(C)NC(=O)N(CCCC(=O)N2C[C@@H](C(F)(F)F)[C@H](C(=O)O)C2)C1=O. The van der Waals surface area contributed by atoms with Gasteiger partial charge in [0.15, 0.2) is 0 Å². The third-order valence-electron chi connectivity index (χ3n) is 4.63. The van der Waals surface area contributed by atoms with Crippen molar-refractivity contribution >= 4 is 23.8 Å². The van der Waals surface area contributed by atoms with E-state index in [-0.39, 0.29) is 19.4 Å². The average Bonchev–Trinajstić information content (AvgIpc) is 3.02. The first-order valence-electron chi connectivity index (χ1n) is 8.06. The molecule has 26 heavy (non-hydrogen) atoms. The highest BCUT2D eigenvalue weighted by molar-refractivity contribution is 6.06. The molecule has 8 nitrogen and oxygen atoms in total. The van der Waals surface area contributed by atoms with E-state index in [1.54, 1.807) is 0 Å². The molecule has 2 aliphatic heterocycles. The van der Waals surface area contributed by atoms with Gasteiger partial charge in [-0.25, -0.2) is 4.79 Å². The molecular formula is C15H20F3N3O5. The highest BCUT2D eigenvalue weighted by Gasteiger charge is 2.53. The molecule has 0 saturated carbocycles. The van der Waals surface area contributed by atoms with E-state index >= 15 is 0 Å². The van der Waals surface area contributed by atoms with Crippen molar-refractivity contribution in [3.05, 3.63) is 0 Å². The summed E-state index contributed by atoms with van der Waals surface area (Å²) in [4.78, 5) is 48.7. The number of carbonyl (C=O) groups is 4. The monoisotopic (exact) mass is 379 g/mol.